The Morgan fingerprint density at radius 1 is 1.38 bits per heavy atom. The maximum Gasteiger partial charge on any atom is 0.286 e. The summed E-state index contributed by atoms with van der Waals surface area (Å²) in [4.78, 5) is 11.7. The van der Waals surface area contributed by atoms with E-state index < -0.39 is 0 Å². The molecule has 2 aromatic rings. The van der Waals surface area contributed by atoms with Crippen LogP contribution < -0.4 is 11.1 Å². The van der Waals surface area contributed by atoms with Crippen LogP contribution in [0.25, 0.3) is 0 Å². The van der Waals surface area contributed by atoms with E-state index in [9.17, 15) is 4.79 Å². The smallest absolute Gasteiger partial charge is 0.286 e. The third-order valence-corrected chi connectivity index (χ3v) is 3.45. The summed E-state index contributed by atoms with van der Waals surface area (Å²) in [5.74, 6) is -0.293. The van der Waals surface area contributed by atoms with Crippen molar-refractivity contribution in [3.8, 4) is 0 Å². The number of hydrogen-bond acceptors (Lipinski definition) is 5. The second-order valence-electron chi connectivity index (χ2n) is 2.88. The first-order chi connectivity index (χ1) is 7.66. The highest BCUT2D eigenvalue weighted by Crippen LogP contribution is 2.19. The van der Waals surface area contributed by atoms with Gasteiger partial charge in [0.25, 0.3) is 5.91 Å². The Balaban J connectivity index is 2.17. The van der Waals surface area contributed by atoms with Gasteiger partial charge in [-0.15, -0.1) is 10.2 Å². The number of amides is 1. The first-order valence-electron chi connectivity index (χ1n) is 4.31. The molecule has 0 saturated heterocycles. The molecule has 1 heterocycles. The molecule has 16 heavy (non-hydrogen) atoms. The Morgan fingerprint density at radius 2 is 2.12 bits per heavy atom. The molecule has 7 heteroatoms. The van der Waals surface area contributed by atoms with Gasteiger partial charge in [-0.1, -0.05) is 23.5 Å². The van der Waals surface area contributed by atoms with Crippen LogP contribution in [0.1, 0.15) is 9.80 Å². The lowest BCUT2D eigenvalue weighted by Crippen LogP contribution is -2.12. The molecule has 1 aromatic carbocycles. The van der Waals surface area contributed by atoms with Crippen LogP contribution in [0, 0.1) is 3.57 Å². The van der Waals surface area contributed by atoms with Crippen molar-refractivity contribution in [1.29, 1.82) is 0 Å². The number of aromatic nitrogens is 2. The molecule has 0 bridgehead atoms. The summed E-state index contributed by atoms with van der Waals surface area (Å²) in [5, 5.41) is 10.5. The molecule has 0 saturated carbocycles. The molecule has 0 spiro atoms. The van der Waals surface area contributed by atoms with E-state index in [1.807, 2.05) is 24.3 Å². The molecule has 2 rings (SSSR count). The number of nitrogens with two attached hydrogens (primary N) is 1. The molecule has 82 valence electrons. The maximum atomic E-state index is 11.7. The Hall–Kier alpha value is -1.22. The zero-order valence-corrected chi connectivity index (χ0v) is 10.9. The minimum absolute atomic E-state index is 0.261. The number of para-hydroxylation sites is 1. The molecule has 0 radical (unpaired) electrons. The number of nitrogen functional groups attached to an aromatic ring is 1. The topological polar surface area (TPSA) is 80.9 Å². The molecule has 1 aromatic heterocycles. The van der Waals surface area contributed by atoms with Crippen molar-refractivity contribution in [2.45, 2.75) is 0 Å². The molecular weight excluding hydrogens is 339 g/mol. The van der Waals surface area contributed by atoms with Crippen molar-refractivity contribution < 1.29 is 4.79 Å². The number of nitrogens with zero attached hydrogens (tertiary/aromatic N) is 2. The third-order valence-electron chi connectivity index (χ3n) is 1.76. The molecule has 0 aliphatic carbocycles. The van der Waals surface area contributed by atoms with Crippen molar-refractivity contribution in [2.24, 2.45) is 0 Å². The number of carbonyl (C=O) groups is 1. The Kier molecular flexibility index (Phi) is 3.34. The average Bonchev–Trinajstić information content (AvgIpc) is 2.68. The Morgan fingerprint density at radius 3 is 2.75 bits per heavy atom. The van der Waals surface area contributed by atoms with Crippen LogP contribution in [0.5, 0.6) is 0 Å². The Labute approximate surface area is 109 Å². The number of benzene rings is 1. The summed E-state index contributed by atoms with van der Waals surface area (Å²) in [5.41, 5.74) is 6.15. The van der Waals surface area contributed by atoms with Crippen molar-refractivity contribution in [1.82, 2.24) is 10.2 Å². The molecule has 0 aliphatic rings. The zero-order chi connectivity index (χ0) is 11.5. The first-order valence-corrected chi connectivity index (χ1v) is 6.21. The quantitative estimate of drug-likeness (QED) is 0.815. The number of halogens is 1. The third kappa shape index (κ3) is 2.47. The van der Waals surface area contributed by atoms with Gasteiger partial charge in [0.2, 0.25) is 10.1 Å². The van der Waals surface area contributed by atoms with Gasteiger partial charge in [-0.25, -0.2) is 0 Å². The molecule has 0 unspecified atom stereocenters. The van der Waals surface area contributed by atoms with Crippen LogP contribution in [0.15, 0.2) is 24.3 Å². The predicted molar refractivity (Wildman–Crippen MR) is 71.4 cm³/mol. The fraction of sp³-hybridized carbons (Fsp3) is 0. The van der Waals surface area contributed by atoms with Gasteiger partial charge in [0.1, 0.15) is 0 Å². The van der Waals surface area contributed by atoms with Gasteiger partial charge in [-0.3, -0.25) is 4.79 Å². The fourth-order valence-electron chi connectivity index (χ4n) is 1.06. The minimum atomic E-state index is -0.293. The fourth-order valence-corrected chi connectivity index (χ4v) is 2.09. The first kappa shape index (κ1) is 11.3. The van der Waals surface area contributed by atoms with Gasteiger partial charge < -0.3 is 11.1 Å². The van der Waals surface area contributed by atoms with Crippen molar-refractivity contribution in [3.05, 3.63) is 32.8 Å². The van der Waals surface area contributed by atoms with E-state index in [-0.39, 0.29) is 16.0 Å². The monoisotopic (exact) mass is 346 g/mol. The second kappa shape index (κ2) is 4.74. The van der Waals surface area contributed by atoms with Crippen molar-refractivity contribution >= 4 is 50.7 Å². The van der Waals surface area contributed by atoms with Crippen LogP contribution in [0.4, 0.5) is 10.8 Å². The molecular formula is C9H7IN4OS. The van der Waals surface area contributed by atoms with E-state index in [1.54, 1.807) is 0 Å². The van der Waals surface area contributed by atoms with E-state index in [1.165, 1.54) is 0 Å². The highest BCUT2D eigenvalue weighted by Gasteiger charge is 2.12. The summed E-state index contributed by atoms with van der Waals surface area (Å²) in [6.07, 6.45) is 0. The van der Waals surface area contributed by atoms with Gasteiger partial charge in [0.05, 0.1) is 5.69 Å². The van der Waals surface area contributed by atoms with E-state index in [0.29, 0.717) is 0 Å². The molecule has 3 N–H and O–H groups in total. The van der Waals surface area contributed by atoms with E-state index in [0.717, 1.165) is 20.6 Å². The SMILES string of the molecule is Nc1nnc(C(=O)Nc2ccccc2I)s1. The number of hydrogen-bond donors (Lipinski definition) is 2. The minimum Gasteiger partial charge on any atom is -0.374 e. The van der Waals surface area contributed by atoms with Gasteiger partial charge >= 0.3 is 0 Å². The largest absolute Gasteiger partial charge is 0.374 e. The van der Waals surface area contributed by atoms with Crippen LogP contribution in [-0.4, -0.2) is 16.1 Å². The van der Waals surface area contributed by atoms with Gasteiger partial charge in [0.15, 0.2) is 0 Å². The zero-order valence-electron chi connectivity index (χ0n) is 7.98. The molecule has 5 nitrogen and oxygen atoms in total. The van der Waals surface area contributed by atoms with Crippen molar-refractivity contribution in [2.75, 3.05) is 11.1 Å². The van der Waals surface area contributed by atoms with E-state index >= 15 is 0 Å². The summed E-state index contributed by atoms with van der Waals surface area (Å²) in [7, 11) is 0. The van der Waals surface area contributed by atoms with Crippen LogP contribution in [0.3, 0.4) is 0 Å². The van der Waals surface area contributed by atoms with Crippen molar-refractivity contribution in [3.63, 3.8) is 0 Å². The lowest BCUT2D eigenvalue weighted by atomic mass is 10.3. The Bertz CT molecular complexity index is 528. The number of rotatable bonds is 2. The standard InChI is InChI=1S/C9H7IN4OS/c10-5-3-1-2-4-6(5)12-7(15)8-13-14-9(11)16-8/h1-4H,(H2,11,14)(H,12,15). The lowest BCUT2D eigenvalue weighted by Gasteiger charge is -2.04. The van der Waals surface area contributed by atoms with Crippen LogP contribution in [-0.2, 0) is 0 Å². The number of anilines is 2. The van der Waals surface area contributed by atoms with Gasteiger partial charge in [0, 0.05) is 3.57 Å². The summed E-state index contributed by atoms with van der Waals surface area (Å²) in [6.45, 7) is 0. The highest BCUT2D eigenvalue weighted by atomic mass is 127. The summed E-state index contributed by atoms with van der Waals surface area (Å²) in [6, 6.07) is 7.49. The molecule has 0 atom stereocenters. The van der Waals surface area contributed by atoms with Gasteiger partial charge in [-0.05, 0) is 34.7 Å². The maximum absolute atomic E-state index is 11.7. The van der Waals surface area contributed by atoms with Gasteiger partial charge in [-0.2, -0.15) is 0 Å². The van der Waals surface area contributed by atoms with Crippen LogP contribution >= 0.6 is 33.9 Å². The molecule has 1 amide bonds. The number of nitrogens with one attached hydrogen (secondary N) is 1. The molecule has 0 fully saturated rings. The van der Waals surface area contributed by atoms with E-state index in [2.05, 4.69) is 38.1 Å². The normalized spacial score (nSPS) is 10.1. The average molecular weight is 346 g/mol. The van der Waals surface area contributed by atoms with E-state index in [4.69, 9.17) is 5.73 Å². The second-order valence-corrected chi connectivity index (χ2v) is 5.05. The highest BCUT2D eigenvalue weighted by molar-refractivity contribution is 14.1. The molecule has 0 aliphatic heterocycles. The summed E-state index contributed by atoms with van der Waals surface area (Å²) >= 11 is 3.21. The predicted octanol–water partition coefficient (Wildman–Crippen LogP) is 1.98. The summed E-state index contributed by atoms with van der Waals surface area (Å²) < 4.78 is 0.964. The van der Waals surface area contributed by atoms with Crippen LogP contribution in [0.2, 0.25) is 0 Å². The number of carbonyl (C=O) groups excluding carboxylic acids is 1. The lowest BCUT2D eigenvalue weighted by molar-refractivity contribution is 0.102.